The van der Waals surface area contributed by atoms with Crippen molar-refractivity contribution in [1.82, 2.24) is 4.98 Å². The quantitative estimate of drug-likeness (QED) is 0.394. The van der Waals surface area contributed by atoms with Crippen LogP contribution in [0.4, 0.5) is 5.82 Å². The second-order valence-corrected chi connectivity index (χ2v) is 1.82. The van der Waals surface area contributed by atoms with E-state index in [9.17, 15) is 0 Å². The Kier molecular flexibility index (Phi) is 2.20. The summed E-state index contributed by atoms with van der Waals surface area (Å²) in [6.45, 7) is -0.0600. The van der Waals surface area contributed by atoms with E-state index in [0.717, 1.165) is 0 Å². The van der Waals surface area contributed by atoms with Gasteiger partial charge in [-0.1, -0.05) is 6.07 Å². The SMILES string of the molecule is NNc1cccc(CO)n1. The fourth-order valence-corrected chi connectivity index (χ4v) is 0.648. The molecule has 54 valence electrons. The summed E-state index contributed by atoms with van der Waals surface area (Å²) in [6, 6.07) is 5.22. The molecule has 4 N–H and O–H groups in total. The van der Waals surface area contributed by atoms with Crippen molar-refractivity contribution < 1.29 is 5.11 Å². The average molecular weight is 139 g/mol. The lowest BCUT2D eigenvalue weighted by Gasteiger charge is -1.99. The molecule has 0 amide bonds. The zero-order valence-corrected chi connectivity index (χ0v) is 5.41. The predicted octanol–water partition coefficient (Wildman–Crippen LogP) is -0.140. The molecule has 0 aromatic carbocycles. The van der Waals surface area contributed by atoms with E-state index in [1.807, 2.05) is 0 Å². The maximum absolute atomic E-state index is 8.63. The van der Waals surface area contributed by atoms with Crippen LogP contribution in [0.25, 0.3) is 0 Å². The third-order valence-corrected chi connectivity index (χ3v) is 1.12. The number of nitrogens with zero attached hydrogens (tertiary/aromatic N) is 1. The summed E-state index contributed by atoms with van der Waals surface area (Å²) in [6.07, 6.45) is 0. The monoisotopic (exact) mass is 139 g/mol. The molecule has 0 unspecified atom stereocenters. The third-order valence-electron chi connectivity index (χ3n) is 1.12. The van der Waals surface area contributed by atoms with Crippen LogP contribution < -0.4 is 11.3 Å². The number of pyridine rings is 1. The largest absolute Gasteiger partial charge is 0.390 e. The minimum Gasteiger partial charge on any atom is -0.390 e. The lowest BCUT2D eigenvalue weighted by Crippen LogP contribution is -2.08. The molecule has 0 atom stereocenters. The Morgan fingerprint density at radius 3 is 3.00 bits per heavy atom. The average Bonchev–Trinajstić information content (AvgIpc) is 2.05. The molecule has 10 heavy (non-hydrogen) atoms. The second kappa shape index (κ2) is 3.14. The van der Waals surface area contributed by atoms with E-state index in [-0.39, 0.29) is 6.61 Å². The molecular weight excluding hydrogens is 130 g/mol. The normalized spacial score (nSPS) is 9.40. The van der Waals surface area contributed by atoms with E-state index in [2.05, 4.69) is 10.4 Å². The fourth-order valence-electron chi connectivity index (χ4n) is 0.648. The van der Waals surface area contributed by atoms with Crippen molar-refractivity contribution >= 4 is 5.82 Å². The van der Waals surface area contributed by atoms with Gasteiger partial charge >= 0.3 is 0 Å². The molecule has 0 saturated heterocycles. The summed E-state index contributed by atoms with van der Waals surface area (Å²) in [5.74, 6) is 5.64. The molecule has 1 heterocycles. The Balaban J connectivity index is 2.87. The third kappa shape index (κ3) is 1.43. The van der Waals surface area contributed by atoms with Crippen molar-refractivity contribution in [1.29, 1.82) is 0 Å². The number of hydrazine groups is 1. The van der Waals surface area contributed by atoms with Crippen molar-refractivity contribution in [3.63, 3.8) is 0 Å². The van der Waals surface area contributed by atoms with E-state index in [0.29, 0.717) is 11.5 Å². The Labute approximate surface area is 58.7 Å². The maximum atomic E-state index is 8.63. The van der Waals surface area contributed by atoms with Gasteiger partial charge in [0, 0.05) is 0 Å². The van der Waals surface area contributed by atoms with Gasteiger partial charge in [-0.2, -0.15) is 0 Å². The number of nitrogens with one attached hydrogen (secondary N) is 1. The summed E-state index contributed by atoms with van der Waals surface area (Å²) in [4.78, 5) is 3.92. The lowest BCUT2D eigenvalue weighted by molar-refractivity contribution is 0.277. The molecule has 1 aromatic heterocycles. The minimum absolute atomic E-state index is 0.0600. The van der Waals surface area contributed by atoms with Crippen molar-refractivity contribution in [2.75, 3.05) is 5.43 Å². The molecule has 0 spiro atoms. The smallest absolute Gasteiger partial charge is 0.140 e. The standard InChI is InChI=1S/C6H9N3O/c7-9-6-3-1-2-5(4-10)8-6/h1-3,10H,4,7H2,(H,8,9). The Morgan fingerprint density at radius 1 is 1.60 bits per heavy atom. The summed E-state index contributed by atoms with van der Waals surface area (Å²) in [5.41, 5.74) is 2.99. The van der Waals surface area contributed by atoms with E-state index >= 15 is 0 Å². The van der Waals surface area contributed by atoms with Gasteiger partial charge < -0.3 is 10.5 Å². The number of anilines is 1. The van der Waals surface area contributed by atoms with Crippen LogP contribution in [0.1, 0.15) is 5.69 Å². The number of nitrogen functional groups attached to an aromatic ring is 1. The summed E-state index contributed by atoms with van der Waals surface area (Å²) in [5, 5.41) is 8.63. The van der Waals surface area contributed by atoms with Crippen LogP contribution in [0.5, 0.6) is 0 Å². The second-order valence-electron chi connectivity index (χ2n) is 1.82. The summed E-state index contributed by atoms with van der Waals surface area (Å²) in [7, 11) is 0. The van der Waals surface area contributed by atoms with E-state index in [4.69, 9.17) is 10.9 Å². The predicted molar refractivity (Wildman–Crippen MR) is 38.0 cm³/mol. The van der Waals surface area contributed by atoms with Gasteiger partial charge in [-0.3, -0.25) is 0 Å². The zero-order chi connectivity index (χ0) is 7.40. The first-order valence-electron chi connectivity index (χ1n) is 2.90. The first-order chi connectivity index (χ1) is 4.86. The summed E-state index contributed by atoms with van der Waals surface area (Å²) < 4.78 is 0. The molecule has 0 radical (unpaired) electrons. The highest BCUT2D eigenvalue weighted by atomic mass is 16.3. The Morgan fingerprint density at radius 2 is 2.40 bits per heavy atom. The molecule has 1 rings (SSSR count). The first-order valence-corrected chi connectivity index (χ1v) is 2.90. The van der Waals surface area contributed by atoms with Gasteiger partial charge in [0.1, 0.15) is 5.82 Å². The number of rotatable bonds is 2. The number of hydrogen-bond donors (Lipinski definition) is 3. The lowest BCUT2D eigenvalue weighted by atomic mass is 10.3. The van der Waals surface area contributed by atoms with E-state index in [1.54, 1.807) is 18.2 Å². The molecular formula is C6H9N3O. The van der Waals surface area contributed by atoms with Gasteiger partial charge in [-0.25, -0.2) is 10.8 Å². The minimum atomic E-state index is -0.0600. The van der Waals surface area contributed by atoms with Gasteiger partial charge in [-0.05, 0) is 12.1 Å². The molecule has 0 aliphatic carbocycles. The van der Waals surface area contributed by atoms with Crippen LogP contribution in [0.2, 0.25) is 0 Å². The zero-order valence-electron chi connectivity index (χ0n) is 5.41. The fraction of sp³-hybridized carbons (Fsp3) is 0.167. The topological polar surface area (TPSA) is 71.2 Å². The first kappa shape index (κ1) is 6.98. The maximum Gasteiger partial charge on any atom is 0.140 e. The van der Waals surface area contributed by atoms with Crippen LogP contribution in [-0.4, -0.2) is 10.1 Å². The highest BCUT2D eigenvalue weighted by molar-refractivity contribution is 5.33. The van der Waals surface area contributed by atoms with Crippen LogP contribution in [0.3, 0.4) is 0 Å². The van der Waals surface area contributed by atoms with Crippen LogP contribution in [0, 0.1) is 0 Å². The van der Waals surface area contributed by atoms with Crippen molar-refractivity contribution in [2.45, 2.75) is 6.61 Å². The highest BCUT2D eigenvalue weighted by Gasteiger charge is 1.91. The van der Waals surface area contributed by atoms with Crippen molar-refractivity contribution in [2.24, 2.45) is 5.84 Å². The van der Waals surface area contributed by atoms with Crippen molar-refractivity contribution in [3.8, 4) is 0 Å². The van der Waals surface area contributed by atoms with Gasteiger partial charge in [-0.15, -0.1) is 0 Å². The molecule has 4 nitrogen and oxygen atoms in total. The summed E-state index contributed by atoms with van der Waals surface area (Å²) >= 11 is 0. The molecule has 0 aliphatic heterocycles. The Hall–Kier alpha value is -1.13. The number of aromatic nitrogens is 1. The number of hydrogen-bond acceptors (Lipinski definition) is 4. The van der Waals surface area contributed by atoms with Gasteiger partial charge in [0.2, 0.25) is 0 Å². The number of aliphatic hydroxyl groups is 1. The van der Waals surface area contributed by atoms with Gasteiger partial charge in [0.25, 0.3) is 0 Å². The molecule has 4 heteroatoms. The number of aliphatic hydroxyl groups excluding tert-OH is 1. The van der Waals surface area contributed by atoms with Gasteiger partial charge in [0.05, 0.1) is 12.3 Å². The molecule has 0 fully saturated rings. The molecule has 1 aromatic rings. The van der Waals surface area contributed by atoms with Crippen LogP contribution in [0.15, 0.2) is 18.2 Å². The van der Waals surface area contributed by atoms with Crippen molar-refractivity contribution in [3.05, 3.63) is 23.9 Å². The highest BCUT2D eigenvalue weighted by Crippen LogP contribution is 2.01. The number of nitrogens with two attached hydrogens (primary N) is 1. The molecule has 0 saturated carbocycles. The molecule has 0 bridgehead atoms. The van der Waals surface area contributed by atoms with Gasteiger partial charge in [0.15, 0.2) is 0 Å². The van der Waals surface area contributed by atoms with E-state index in [1.165, 1.54) is 0 Å². The van der Waals surface area contributed by atoms with E-state index < -0.39 is 0 Å². The van der Waals surface area contributed by atoms with Crippen LogP contribution in [-0.2, 0) is 6.61 Å². The Bertz CT molecular complexity index is 195. The van der Waals surface area contributed by atoms with Crippen LogP contribution >= 0.6 is 0 Å². The molecule has 0 aliphatic rings.